The van der Waals surface area contributed by atoms with Crippen LogP contribution < -0.4 is 15.4 Å². The van der Waals surface area contributed by atoms with Crippen LogP contribution in [0.25, 0.3) is 0 Å². The monoisotopic (exact) mass is 248 g/mol. The molecule has 0 aliphatic carbocycles. The Balaban J connectivity index is 2.39. The predicted molar refractivity (Wildman–Crippen MR) is 73.2 cm³/mol. The minimum Gasteiger partial charge on any atom is -0.489 e. The lowest BCUT2D eigenvalue weighted by atomic mass is 9.94. The van der Waals surface area contributed by atoms with Gasteiger partial charge in [-0.1, -0.05) is 13.0 Å². The number of carbonyl (C=O) groups is 1. The van der Waals surface area contributed by atoms with Crippen molar-refractivity contribution in [1.82, 2.24) is 0 Å². The molecule has 0 saturated heterocycles. The molecule has 1 unspecified atom stereocenters. The molecule has 0 radical (unpaired) electrons. The molecule has 98 valence electrons. The van der Waals surface area contributed by atoms with Crippen molar-refractivity contribution in [2.24, 2.45) is 0 Å². The Morgan fingerprint density at radius 1 is 1.39 bits per heavy atom. The second kappa shape index (κ2) is 4.52. The number of para-hydroxylation sites is 1. The van der Waals surface area contributed by atoms with Crippen LogP contribution in [0.4, 0.5) is 11.4 Å². The summed E-state index contributed by atoms with van der Waals surface area (Å²) < 4.78 is 5.71. The summed E-state index contributed by atoms with van der Waals surface area (Å²) in [4.78, 5) is 12.1. The molecule has 2 rings (SSSR count). The number of rotatable bonds is 3. The van der Waals surface area contributed by atoms with E-state index in [1.54, 1.807) is 0 Å². The highest BCUT2D eigenvalue weighted by molar-refractivity contribution is 6.07. The van der Waals surface area contributed by atoms with Gasteiger partial charge in [0.2, 0.25) is 5.91 Å². The second-order valence-corrected chi connectivity index (χ2v) is 5.11. The minimum atomic E-state index is -0.552. The number of carbonyl (C=O) groups excluding carboxylic acids is 1. The maximum Gasteiger partial charge on any atom is 0.249 e. The smallest absolute Gasteiger partial charge is 0.249 e. The Morgan fingerprint density at radius 2 is 2.11 bits per heavy atom. The fraction of sp³-hybridized carbons (Fsp3) is 0.500. The fourth-order valence-corrected chi connectivity index (χ4v) is 1.97. The first kappa shape index (κ1) is 12.7. The maximum atomic E-state index is 12.1. The molecular formula is C14H20N2O2. The van der Waals surface area contributed by atoms with Gasteiger partial charge in [0.15, 0.2) is 0 Å². The van der Waals surface area contributed by atoms with Gasteiger partial charge in [-0.25, -0.2) is 0 Å². The molecule has 1 aliphatic heterocycles. The topological polar surface area (TPSA) is 50.4 Å². The van der Waals surface area contributed by atoms with Crippen LogP contribution >= 0.6 is 0 Å². The lowest BCUT2D eigenvalue weighted by Crippen LogP contribution is -2.49. The average molecular weight is 248 g/mol. The SMILES string of the molecule is CCC1(C)Nc2cccc(OC(C)C)c2NC1=O. The standard InChI is InChI=1S/C14H20N2O2/c1-5-14(4)13(17)15-12-10(16-14)7-6-8-11(12)18-9(2)3/h6-9,16H,5H2,1-4H3,(H,15,17). The summed E-state index contributed by atoms with van der Waals surface area (Å²) in [5.74, 6) is 0.693. The molecule has 1 aliphatic rings. The Bertz CT molecular complexity index is 471. The van der Waals surface area contributed by atoms with Crippen LogP contribution in [0.3, 0.4) is 0 Å². The molecule has 4 nitrogen and oxygen atoms in total. The van der Waals surface area contributed by atoms with E-state index in [1.807, 2.05) is 45.9 Å². The highest BCUT2D eigenvalue weighted by Crippen LogP contribution is 2.39. The zero-order valence-electron chi connectivity index (χ0n) is 11.3. The number of amides is 1. The van der Waals surface area contributed by atoms with E-state index in [9.17, 15) is 4.79 Å². The fourth-order valence-electron chi connectivity index (χ4n) is 1.97. The third-order valence-corrected chi connectivity index (χ3v) is 3.25. The third-order valence-electron chi connectivity index (χ3n) is 3.25. The molecule has 1 amide bonds. The van der Waals surface area contributed by atoms with Gasteiger partial charge >= 0.3 is 0 Å². The highest BCUT2D eigenvalue weighted by Gasteiger charge is 2.36. The summed E-state index contributed by atoms with van der Waals surface area (Å²) in [6, 6.07) is 5.75. The van der Waals surface area contributed by atoms with E-state index < -0.39 is 5.54 Å². The van der Waals surface area contributed by atoms with Crippen molar-refractivity contribution in [2.75, 3.05) is 10.6 Å². The zero-order chi connectivity index (χ0) is 13.3. The molecule has 0 saturated carbocycles. The van der Waals surface area contributed by atoms with Crippen molar-refractivity contribution < 1.29 is 9.53 Å². The molecule has 2 N–H and O–H groups in total. The minimum absolute atomic E-state index is 0.0164. The summed E-state index contributed by atoms with van der Waals surface area (Å²) in [7, 11) is 0. The van der Waals surface area contributed by atoms with E-state index in [0.717, 1.165) is 17.8 Å². The molecule has 1 atom stereocenters. The van der Waals surface area contributed by atoms with Crippen molar-refractivity contribution in [1.29, 1.82) is 0 Å². The van der Waals surface area contributed by atoms with Crippen LogP contribution in [0.5, 0.6) is 5.75 Å². The van der Waals surface area contributed by atoms with E-state index in [1.165, 1.54) is 0 Å². The largest absolute Gasteiger partial charge is 0.489 e. The lowest BCUT2D eigenvalue weighted by molar-refractivity contribution is -0.120. The van der Waals surface area contributed by atoms with E-state index in [4.69, 9.17) is 4.74 Å². The molecule has 0 spiro atoms. The molecular weight excluding hydrogens is 228 g/mol. The third kappa shape index (κ3) is 2.15. The van der Waals surface area contributed by atoms with Gasteiger partial charge in [0.05, 0.1) is 11.8 Å². The van der Waals surface area contributed by atoms with Gasteiger partial charge in [0.25, 0.3) is 0 Å². The Hall–Kier alpha value is -1.71. The van der Waals surface area contributed by atoms with E-state index >= 15 is 0 Å². The van der Waals surface area contributed by atoms with Gasteiger partial charge in [-0.3, -0.25) is 4.79 Å². The van der Waals surface area contributed by atoms with Crippen LogP contribution in [-0.2, 0) is 4.79 Å². The number of hydrogen-bond donors (Lipinski definition) is 2. The molecule has 0 fully saturated rings. The first-order valence-electron chi connectivity index (χ1n) is 6.35. The van der Waals surface area contributed by atoms with Gasteiger partial charge in [0, 0.05) is 0 Å². The highest BCUT2D eigenvalue weighted by atomic mass is 16.5. The second-order valence-electron chi connectivity index (χ2n) is 5.11. The number of benzene rings is 1. The van der Waals surface area contributed by atoms with Crippen molar-refractivity contribution in [3.05, 3.63) is 18.2 Å². The van der Waals surface area contributed by atoms with Crippen molar-refractivity contribution in [2.45, 2.75) is 45.8 Å². The van der Waals surface area contributed by atoms with E-state index in [2.05, 4.69) is 10.6 Å². The quantitative estimate of drug-likeness (QED) is 0.864. The Morgan fingerprint density at radius 3 is 2.72 bits per heavy atom. The molecule has 1 heterocycles. The average Bonchev–Trinajstić information content (AvgIpc) is 2.31. The molecule has 4 heteroatoms. The van der Waals surface area contributed by atoms with E-state index in [0.29, 0.717) is 5.75 Å². The zero-order valence-corrected chi connectivity index (χ0v) is 11.3. The number of nitrogens with one attached hydrogen (secondary N) is 2. The molecule has 0 aromatic heterocycles. The Labute approximate surface area is 108 Å². The molecule has 18 heavy (non-hydrogen) atoms. The summed E-state index contributed by atoms with van der Waals surface area (Å²) in [6.07, 6.45) is 0.806. The van der Waals surface area contributed by atoms with Crippen LogP contribution in [0.2, 0.25) is 0 Å². The summed E-state index contributed by atoms with van der Waals surface area (Å²) in [5.41, 5.74) is 1.10. The van der Waals surface area contributed by atoms with Gasteiger partial charge < -0.3 is 15.4 Å². The predicted octanol–water partition coefficient (Wildman–Crippen LogP) is 3.01. The van der Waals surface area contributed by atoms with Crippen LogP contribution in [0.1, 0.15) is 34.1 Å². The van der Waals surface area contributed by atoms with Gasteiger partial charge in [-0.15, -0.1) is 0 Å². The number of anilines is 2. The van der Waals surface area contributed by atoms with Crippen molar-refractivity contribution in [3.63, 3.8) is 0 Å². The van der Waals surface area contributed by atoms with Crippen LogP contribution in [0.15, 0.2) is 18.2 Å². The summed E-state index contributed by atoms with van der Waals surface area (Å²) in [6.45, 7) is 7.83. The number of fused-ring (bicyclic) bond motifs is 1. The first-order valence-corrected chi connectivity index (χ1v) is 6.35. The number of hydrogen-bond acceptors (Lipinski definition) is 3. The molecule has 1 aromatic rings. The van der Waals surface area contributed by atoms with Gasteiger partial charge in [0.1, 0.15) is 17.0 Å². The van der Waals surface area contributed by atoms with Crippen LogP contribution in [-0.4, -0.2) is 17.6 Å². The first-order chi connectivity index (χ1) is 8.46. The molecule has 1 aromatic carbocycles. The Kier molecular flexibility index (Phi) is 3.20. The maximum absolute atomic E-state index is 12.1. The van der Waals surface area contributed by atoms with Crippen molar-refractivity contribution in [3.8, 4) is 5.75 Å². The summed E-state index contributed by atoms with van der Waals surface area (Å²) >= 11 is 0. The van der Waals surface area contributed by atoms with Crippen LogP contribution in [0, 0.1) is 0 Å². The molecule has 0 bridgehead atoms. The van der Waals surface area contributed by atoms with Crippen molar-refractivity contribution >= 4 is 17.3 Å². The summed E-state index contributed by atoms with van der Waals surface area (Å²) in [5, 5.41) is 6.24. The van der Waals surface area contributed by atoms with Gasteiger partial charge in [-0.05, 0) is 39.3 Å². The normalized spacial score (nSPS) is 22.2. The number of ether oxygens (including phenoxy) is 1. The van der Waals surface area contributed by atoms with Gasteiger partial charge in [-0.2, -0.15) is 0 Å². The lowest BCUT2D eigenvalue weighted by Gasteiger charge is -2.35. The van der Waals surface area contributed by atoms with E-state index in [-0.39, 0.29) is 12.0 Å².